The second kappa shape index (κ2) is 5.88. The van der Waals surface area contributed by atoms with Gasteiger partial charge in [-0.3, -0.25) is 24.6 Å². The lowest BCUT2D eigenvalue weighted by Gasteiger charge is -2.11. The molecule has 0 bridgehead atoms. The molecule has 1 saturated heterocycles. The van der Waals surface area contributed by atoms with Gasteiger partial charge in [-0.25, -0.2) is 0 Å². The molecule has 1 unspecified atom stereocenters. The third-order valence-electron chi connectivity index (χ3n) is 3.37. The summed E-state index contributed by atoms with van der Waals surface area (Å²) in [5.41, 5.74) is 0.500. The van der Waals surface area contributed by atoms with Crippen molar-refractivity contribution in [3.63, 3.8) is 0 Å². The van der Waals surface area contributed by atoms with Crippen molar-refractivity contribution in [1.29, 1.82) is 0 Å². The number of carbonyl (C=O) groups is 2. The van der Waals surface area contributed by atoms with Crippen LogP contribution in [0.3, 0.4) is 0 Å². The number of likely N-dealkylation sites (N-methyl/N-ethyl adjacent to an activating group) is 1. The molecule has 21 heavy (non-hydrogen) atoms. The lowest BCUT2D eigenvalue weighted by atomic mass is 10.1. The van der Waals surface area contributed by atoms with Crippen molar-refractivity contribution in [3.8, 4) is 5.75 Å². The van der Waals surface area contributed by atoms with E-state index in [0.29, 0.717) is 5.56 Å². The Labute approximate surface area is 120 Å². The van der Waals surface area contributed by atoms with E-state index in [9.17, 15) is 19.7 Å². The van der Waals surface area contributed by atoms with E-state index in [1.807, 2.05) is 0 Å². The Kier molecular flexibility index (Phi) is 4.18. The molecule has 1 aliphatic rings. The molecule has 1 aromatic rings. The van der Waals surface area contributed by atoms with Crippen LogP contribution in [0.25, 0.3) is 0 Å². The van der Waals surface area contributed by atoms with Crippen molar-refractivity contribution in [2.45, 2.75) is 19.0 Å². The molecule has 0 saturated carbocycles. The lowest BCUT2D eigenvalue weighted by molar-refractivity contribution is -0.385. The average molecular weight is 293 g/mol. The van der Waals surface area contributed by atoms with Crippen molar-refractivity contribution in [2.24, 2.45) is 0 Å². The average Bonchev–Trinajstić information content (AvgIpc) is 2.72. The molecule has 0 aromatic heterocycles. The molecule has 1 N–H and O–H groups in total. The topological polar surface area (TPSA) is 102 Å². The zero-order valence-corrected chi connectivity index (χ0v) is 11.7. The molecule has 2 rings (SSSR count). The normalized spacial score (nSPS) is 18.2. The molecule has 1 heterocycles. The number of nitrogens with zero attached hydrogens (tertiary/aromatic N) is 2. The van der Waals surface area contributed by atoms with Gasteiger partial charge in [-0.1, -0.05) is 6.07 Å². The minimum atomic E-state index is -0.580. The fraction of sp³-hybridized carbons (Fsp3) is 0.385. The standard InChI is InChI=1S/C13H15N3O5/c1-15-12(17)6-9(13(15)18)14-7-8-3-4-11(21-2)10(5-8)16(19)20/h3-5,9,14H,6-7H2,1-2H3. The molecule has 1 aliphatic heterocycles. The first-order valence-electron chi connectivity index (χ1n) is 6.29. The van der Waals surface area contributed by atoms with E-state index in [-0.39, 0.29) is 36.2 Å². The molecular weight excluding hydrogens is 278 g/mol. The summed E-state index contributed by atoms with van der Waals surface area (Å²) in [5, 5.41) is 13.9. The Morgan fingerprint density at radius 3 is 2.71 bits per heavy atom. The fourth-order valence-corrected chi connectivity index (χ4v) is 2.14. The fourth-order valence-electron chi connectivity index (χ4n) is 2.14. The summed E-state index contributed by atoms with van der Waals surface area (Å²) in [6.45, 7) is 0.252. The highest BCUT2D eigenvalue weighted by Gasteiger charge is 2.35. The zero-order chi connectivity index (χ0) is 15.6. The van der Waals surface area contributed by atoms with Crippen LogP contribution in [0.15, 0.2) is 18.2 Å². The minimum Gasteiger partial charge on any atom is -0.490 e. The Balaban J connectivity index is 2.07. The molecule has 2 amide bonds. The van der Waals surface area contributed by atoms with E-state index in [1.54, 1.807) is 6.07 Å². The molecule has 1 fully saturated rings. The number of nitrogens with one attached hydrogen (secondary N) is 1. The Morgan fingerprint density at radius 2 is 2.19 bits per heavy atom. The molecule has 8 heteroatoms. The molecular formula is C13H15N3O5. The van der Waals surface area contributed by atoms with Crippen molar-refractivity contribution >= 4 is 17.5 Å². The number of benzene rings is 1. The molecule has 8 nitrogen and oxygen atoms in total. The summed E-state index contributed by atoms with van der Waals surface area (Å²) in [6.07, 6.45) is 0.105. The monoisotopic (exact) mass is 293 g/mol. The van der Waals surface area contributed by atoms with Gasteiger partial charge in [0.05, 0.1) is 24.5 Å². The molecule has 112 valence electrons. The summed E-state index contributed by atoms with van der Waals surface area (Å²) < 4.78 is 4.92. The maximum atomic E-state index is 11.7. The van der Waals surface area contributed by atoms with E-state index >= 15 is 0 Å². The van der Waals surface area contributed by atoms with E-state index in [1.165, 1.54) is 26.3 Å². The number of nitro benzene ring substituents is 1. The highest BCUT2D eigenvalue weighted by atomic mass is 16.6. The molecule has 1 aromatic carbocycles. The third kappa shape index (κ3) is 3.00. The minimum absolute atomic E-state index is 0.105. The number of likely N-dealkylation sites (tertiary alicyclic amines) is 1. The highest BCUT2D eigenvalue weighted by Crippen LogP contribution is 2.27. The molecule has 0 aliphatic carbocycles. The number of amides is 2. The second-order valence-electron chi connectivity index (χ2n) is 4.69. The predicted octanol–water partition coefficient (Wildman–Crippen LogP) is 0.450. The van der Waals surface area contributed by atoms with Gasteiger partial charge in [-0.2, -0.15) is 0 Å². The lowest BCUT2D eigenvalue weighted by Crippen LogP contribution is -2.36. The van der Waals surface area contributed by atoms with Gasteiger partial charge in [0.1, 0.15) is 0 Å². The van der Waals surface area contributed by atoms with Crippen LogP contribution in [0.2, 0.25) is 0 Å². The Morgan fingerprint density at radius 1 is 1.48 bits per heavy atom. The van der Waals surface area contributed by atoms with Crippen LogP contribution in [-0.4, -0.2) is 41.8 Å². The number of rotatable bonds is 5. The number of methoxy groups -OCH3 is 1. The van der Waals surface area contributed by atoms with Gasteiger partial charge in [-0.15, -0.1) is 0 Å². The molecule has 0 radical (unpaired) electrons. The largest absolute Gasteiger partial charge is 0.490 e. The Hall–Kier alpha value is -2.48. The number of hydrogen-bond acceptors (Lipinski definition) is 6. The SMILES string of the molecule is COc1ccc(CNC2CC(=O)N(C)C2=O)cc1[N+](=O)[O-]. The molecule has 1 atom stereocenters. The van der Waals surface area contributed by atoms with Crippen molar-refractivity contribution in [1.82, 2.24) is 10.2 Å². The van der Waals surface area contributed by atoms with Gasteiger partial charge in [0.2, 0.25) is 11.8 Å². The summed E-state index contributed by atoms with van der Waals surface area (Å²) in [6, 6.07) is 3.98. The van der Waals surface area contributed by atoms with E-state index in [4.69, 9.17) is 4.74 Å². The summed E-state index contributed by atoms with van der Waals surface area (Å²) in [7, 11) is 2.80. The van der Waals surface area contributed by atoms with E-state index < -0.39 is 11.0 Å². The van der Waals surface area contributed by atoms with Crippen LogP contribution in [0, 0.1) is 10.1 Å². The quantitative estimate of drug-likeness (QED) is 0.480. The van der Waals surface area contributed by atoms with Gasteiger partial charge >= 0.3 is 5.69 Å². The Bertz CT molecular complexity index is 601. The first kappa shape index (κ1) is 14.9. The summed E-state index contributed by atoms with van der Waals surface area (Å²) in [4.78, 5) is 34.6. The van der Waals surface area contributed by atoms with E-state index in [2.05, 4.69) is 5.32 Å². The van der Waals surface area contributed by atoms with Gasteiger partial charge in [0.25, 0.3) is 0 Å². The zero-order valence-electron chi connectivity index (χ0n) is 11.7. The van der Waals surface area contributed by atoms with Crippen molar-refractivity contribution < 1.29 is 19.2 Å². The number of ether oxygens (including phenoxy) is 1. The third-order valence-corrected chi connectivity index (χ3v) is 3.37. The maximum absolute atomic E-state index is 11.7. The molecule has 0 spiro atoms. The number of imide groups is 1. The van der Waals surface area contributed by atoms with Crippen LogP contribution in [0.4, 0.5) is 5.69 Å². The summed E-state index contributed by atoms with van der Waals surface area (Å²) >= 11 is 0. The van der Waals surface area contributed by atoms with Crippen LogP contribution < -0.4 is 10.1 Å². The van der Waals surface area contributed by atoms with Crippen LogP contribution in [0.5, 0.6) is 5.75 Å². The number of nitro groups is 1. The second-order valence-corrected chi connectivity index (χ2v) is 4.69. The van der Waals surface area contributed by atoms with Crippen molar-refractivity contribution in [2.75, 3.05) is 14.2 Å². The van der Waals surface area contributed by atoms with Gasteiger partial charge in [0, 0.05) is 19.7 Å². The summed E-state index contributed by atoms with van der Waals surface area (Å²) in [5.74, 6) is -0.350. The number of hydrogen-bond donors (Lipinski definition) is 1. The highest BCUT2D eigenvalue weighted by molar-refractivity contribution is 6.05. The first-order chi connectivity index (χ1) is 9.93. The smallest absolute Gasteiger partial charge is 0.311 e. The first-order valence-corrected chi connectivity index (χ1v) is 6.29. The van der Waals surface area contributed by atoms with Gasteiger partial charge < -0.3 is 10.1 Å². The van der Waals surface area contributed by atoms with Crippen LogP contribution in [-0.2, 0) is 16.1 Å². The van der Waals surface area contributed by atoms with Crippen LogP contribution >= 0.6 is 0 Å². The van der Waals surface area contributed by atoms with Gasteiger partial charge in [-0.05, 0) is 11.6 Å². The van der Waals surface area contributed by atoms with Gasteiger partial charge in [0.15, 0.2) is 5.75 Å². The van der Waals surface area contributed by atoms with Crippen LogP contribution in [0.1, 0.15) is 12.0 Å². The maximum Gasteiger partial charge on any atom is 0.311 e. The van der Waals surface area contributed by atoms with Crippen molar-refractivity contribution in [3.05, 3.63) is 33.9 Å². The van der Waals surface area contributed by atoms with E-state index in [0.717, 1.165) is 4.90 Å². The number of carbonyl (C=O) groups excluding carboxylic acids is 2. The predicted molar refractivity (Wildman–Crippen MR) is 72.7 cm³/mol.